The molecule has 3 aromatic rings. The quantitative estimate of drug-likeness (QED) is 0.263. The number of hydrogen-bond donors (Lipinski definition) is 0. The van der Waals surface area contributed by atoms with Gasteiger partial charge in [0.1, 0.15) is 11.6 Å². The van der Waals surface area contributed by atoms with E-state index in [-0.39, 0.29) is 11.4 Å². The second-order valence-corrected chi connectivity index (χ2v) is 6.97. The van der Waals surface area contributed by atoms with Crippen LogP contribution in [0.15, 0.2) is 60.2 Å². The Balaban J connectivity index is 2.09. The number of esters is 1. The van der Waals surface area contributed by atoms with Gasteiger partial charge in [-0.3, -0.25) is 4.79 Å². The number of carbonyl (C=O) groups excluding carboxylic acids is 2. The molecule has 5 heteroatoms. The molecule has 0 spiro atoms. The molecule has 0 atom stereocenters. The predicted octanol–water partition coefficient (Wildman–Crippen LogP) is 4.98. The molecule has 30 heavy (non-hydrogen) atoms. The topological polar surface area (TPSA) is 72.1 Å². The van der Waals surface area contributed by atoms with Gasteiger partial charge in [-0.15, -0.1) is 0 Å². The number of aryl methyl sites for hydroxylation is 1. The van der Waals surface area contributed by atoms with Crippen LogP contribution in [0.5, 0.6) is 0 Å². The summed E-state index contributed by atoms with van der Waals surface area (Å²) in [6, 6.07) is 18.2. The number of nitriles is 1. The second kappa shape index (κ2) is 8.62. The van der Waals surface area contributed by atoms with E-state index in [0.29, 0.717) is 11.1 Å². The molecule has 150 valence electrons. The molecule has 0 unspecified atom stereocenters. The Morgan fingerprint density at radius 2 is 1.73 bits per heavy atom. The summed E-state index contributed by atoms with van der Waals surface area (Å²) in [5, 5.41) is 9.57. The molecule has 3 rings (SSSR count). The molecule has 0 aliphatic heterocycles. The third kappa shape index (κ3) is 3.81. The van der Waals surface area contributed by atoms with Crippen molar-refractivity contribution in [1.29, 1.82) is 5.26 Å². The predicted molar refractivity (Wildman–Crippen MR) is 116 cm³/mol. The lowest BCUT2D eigenvalue weighted by molar-refractivity contribution is 0.0599. The van der Waals surface area contributed by atoms with Gasteiger partial charge in [-0.2, -0.15) is 5.26 Å². The number of allylic oxidation sites excluding steroid dienone is 1. The lowest BCUT2D eigenvalue weighted by atomic mass is 10.0. The molecule has 5 nitrogen and oxygen atoms in total. The van der Waals surface area contributed by atoms with Gasteiger partial charge in [0, 0.05) is 22.6 Å². The van der Waals surface area contributed by atoms with Crippen LogP contribution in [0.25, 0.3) is 11.8 Å². The van der Waals surface area contributed by atoms with Crippen LogP contribution >= 0.6 is 0 Å². The van der Waals surface area contributed by atoms with Gasteiger partial charge < -0.3 is 9.30 Å². The molecule has 0 saturated heterocycles. The highest BCUT2D eigenvalue weighted by molar-refractivity contribution is 6.14. The van der Waals surface area contributed by atoms with Crippen LogP contribution in [-0.2, 0) is 4.74 Å². The number of ketones is 1. The average molecular weight is 398 g/mol. The van der Waals surface area contributed by atoms with E-state index in [0.717, 1.165) is 28.2 Å². The summed E-state index contributed by atoms with van der Waals surface area (Å²) in [6.45, 7) is 5.74. The summed E-state index contributed by atoms with van der Waals surface area (Å²) >= 11 is 0. The van der Waals surface area contributed by atoms with Crippen molar-refractivity contribution in [1.82, 2.24) is 4.57 Å². The SMILES string of the molecule is COC(=O)c1cccc(-n2c(C)cc(/C=C(/C#N)C(=O)c3ccccc3)c2C)c1C. The first-order valence-electron chi connectivity index (χ1n) is 9.47. The fourth-order valence-electron chi connectivity index (χ4n) is 3.55. The van der Waals surface area contributed by atoms with Crippen LogP contribution in [0, 0.1) is 32.1 Å². The minimum Gasteiger partial charge on any atom is -0.465 e. The van der Waals surface area contributed by atoms with Crippen molar-refractivity contribution in [2.45, 2.75) is 20.8 Å². The first-order chi connectivity index (χ1) is 14.4. The Hall–Kier alpha value is -3.91. The standard InChI is InChI=1S/C25H22N2O3/c1-16-13-20(14-21(15-26)24(28)19-9-6-5-7-10-19)18(3)27(16)23-12-8-11-22(17(23)2)25(29)30-4/h5-14H,1-4H3/b21-14-. The van der Waals surface area contributed by atoms with Crippen LogP contribution in [0.4, 0.5) is 0 Å². The number of hydrogen-bond acceptors (Lipinski definition) is 4. The van der Waals surface area contributed by atoms with Gasteiger partial charge >= 0.3 is 5.97 Å². The maximum Gasteiger partial charge on any atom is 0.338 e. The van der Waals surface area contributed by atoms with E-state index in [1.54, 1.807) is 36.4 Å². The zero-order valence-corrected chi connectivity index (χ0v) is 17.4. The van der Waals surface area contributed by atoms with E-state index in [4.69, 9.17) is 4.74 Å². The third-order valence-corrected chi connectivity index (χ3v) is 5.12. The van der Waals surface area contributed by atoms with Gasteiger partial charge in [0.15, 0.2) is 0 Å². The molecule has 0 N–H and O–H groups in total. The molecule has 1 heterocycles. The fraction of sp³-hybridized carbons (Fsp3) is 0.160. The number of benzene rings is 2. The van der Waals surface area contributed by atoms with Crippen molar-refractivity contribution in [3.8, 4) is 11.8 Å². The number of rotatable bonds is 5. The molecular formula is C25H22N2O3. The lowest BCUT2D eigenvalue weighted by Crippen LogP contribution is -2.08. The highest BCUT2D eigenvalue weighted by atomic mass is 16.5. The van der Waals surface area contributed by atoms with Gasteiger partial charge in [0.05, 0.1) is 12.7 Å². The number of aromatic nitrogens is 1. The monoisotopic (exact) mass is 398 g/mol. The molecular weight excluding hydrogens is 376 g/mol. The van der Waals surface area contributed by atoms with Gasteiger partial charge in [0.2, 0.25) is 5.78 Å². The molecule has 0 aliphatic carbocycles. The number of carbonyl (C=O) groups is 2. The van der Waals surface area contributed by atoms with E-state index in [1.807, 2.05) is 55.7 Å². The first-order valence-corrected chi connectivity index (χ1v) is 9.47. The van der Waals surface area contributed by atoms with Crippen LogP contribution in [0.2, 0.25) is 0 Å². The van der Waals surface area contributed by atoms with Gasteiger partial charge in [-0.1, -0.05) is 36.4 Å². The van der Waals surface area contributed by atoms with Crippen molar-refractivity contribution >= 4 is 17.8 Å². The summed E-state index contributed by atoms with van der Waals surface area (Å²) in [7, 11) is 1.36. The molecule has 2 aromatic carbocycles. The third-order valence-electron chi connectivity index (χ3n) is 5.12. The Kier molecular flexibility index (Phi) is 5.98. The number of nitrogens with zero attached hydrogens (tertiary/aromatic N) is 2. The van der Waals surface area contributed by atoms with Crippen molar-refractivity contribution in [3.63, 3.8) is 0 Å². The van der Waals surface area contributed by atoms with Crippen molar-refractivity contribution in [2.24, 2.45) is 0 Å². The van der Waals surface area contributed by atoms with Crippen LogP contribution in [-0.4, -0.2) is 23.4 Å². The van der Waals surface area contributed by atoms with Crippen LogP contribution in [0.3, 0.4) is 0 Å². The highest BCUT2D eigenvalue weighted by Gasteiger charge is 2.18. The molecule has 0 aliphatic rings. The van der Waals surface area contributed by atoms with E-state index < -0.39 is 5.97 Å². The molecule has 0 radical (unpaired) electrons. The van der Waals surface area contributed by atoms with Gasteiger partial charge in [0.25, 0.3) is 0 Å². The smallest absolute Gasteiger partial charge is 0.338 e. The summed E-state index contributed by atoms with van der Waals surface area (Å²) in [6.07, 6.45) is 1.62. The zero-order valence-electron chi connectivity index (χ0n) is 17.4. The molecule has 0 bridgehead atoms. The Morgan fingerprint density at radius 1 is 1.03 bits per heavy atom. The molecule has 0 amide bonds. The fourth-order valence-corrected chi connectivity index (χ4v) is 3.55. The van der Waals surface area contributed by atoms with Crippen LogP contribution in [0.1, 0.15) is 43.2 Å². The maximum atomic E-state index is 12.7. The minimum atomic E-state index is -0.392. The molecule has 0 fully saturated rings. The second-order valence-electron chi connectivity index (χ2n) is 6.97. The normalized spacial score (nSPS) is 11.1. The Morgan fingerprint density at radius 3 is 2.37 bits per heavy atom. The van der Waals surface area contributed by atoms with E-state index in [1.165, 1.54) is 7.11 Å². The van der Waals surface area contributed by atoms with Crippen molar-refractivity contribution in [2.75, 3.05) is 7.11 Å². The number of Topliss-reactive ketones (excluding diaryl/α,β-unsaturated/α-hetero) is 1. The van der Waals surface area contributed by atoms with E-state index in [9.17, 15) is 14.9 Å². The Labute approximate surface area is 175 Å². The van der Waals surface area contributed by atoms with E-state index >= 15 is 0 Å². The summed E-state index contributed by atoms with van der Waals surface area (Å²) in [5.41, 5.74) is 5.25. The van der Waals surface area contributed by atoms with Crippen molar-refractivity contribution in [3.05, 3.63) is 93.8 Å². The number of ether oxygens (including phenoxy) is 1. The summed E-state index contributed by atoms with van der Waals surface area (Å²) < 4.78 is 6.89. The van der Waals surface area contributed by atoms with Gasteiger partial charge in [-0.25, -0.2) is 4.79 Å². The van der Waals surface area contributed by atoms with Gasteiger partial charge in [-0.05, 0) is 56.2 Å². The highest BCUT2D eigenvalue weighted by Crippen LogP contribution is 2.27. The maximum absolute atomic E-state index is 12.7. The number of methoxy groups -OCH3 is 1. The average Bonchev–Trinajstić information content (AvgIpc) is 3.04. The summed E-state index contributed by atoms with van der Waals surface area (Å²) in [5.74, 6) is -0.705. The lowest BCUT2D eigenvalue weighted by Gasteiger charge is -2.15. The first kappa shape index (κ1) is 20.8. The Bertz CT molecular complexity index is 1200. The molecule has 1 aromatic heterocycles. The summed E-state index contributed by atoms with van der Waals surface area (Å²) in [4.78, 5) is 24.8. The van der Waals surface area contributed by atoms with Crippen LogP contribution < -0.4 is 0 Å². The van der Waals surface area contributed by atoms with Crippen molar-refractivity contribution < 1.29 is 14.3 Å². The largest absolute Gasteiger partial charge is 0.465 e. The zero-order chi connectivity index (χ0) is 21.8. The minimum absolute atomic E-state index is 0.0708. The van der Waals surface area contributed by atoms with E-state index in [2.05, 4.69) is 0 Å². The molecule has 0 saturated carbocycles.